The van der Waals surface area contributed by atoms with Gasteiger partial charge in [0.15, 0.2) is 0 Å². The molecule has 0 saturated heterocycles. The first kappa shape index (κ1) is 20.9. The highest BCUT2D eigenvalue weighted by atomic mass is 35.5. The van der Waals surface area contributed by atoms with E-state index in [4.69, 9.17) is 26.5 Å². The molecule has 0 atom stereocenters. The van der Waals surface area contributed by atoms with Gasteiger partial charge < -0.3 is 9.84 Å². The van der Waals surface area contributed by atoms with Crippen LogP contribution in [0.15, 0.2) is 48.5 Å². The first-order valence-electron chi connectivity index (χ1n) is 9.83. The van der Waals surface area contributed by atoms with Crippen LogP contribution < -0.4 is 4.74 Å². The zero-order valence-electron chi connectivity index (χ0n) is 16.7. The number of benzene rings is 2. The van der Waals surface area contributed by atoms with E-state index in [1.54, 1.807) is 6.07 Å². The normalized spacial score (nSPS) is 10.9. The number of hydrogen-bond donors (Lipinski definition) is 1. The number of aryl methyl sites for hydroxylation is 1. The van der Waals surface area contributed by atoms with E-state index in [2.05, 4.69) is 6.92 Å². The van der Waals surface area contributed by atoms with Gasteiger partial charge >= 0.3 is 5.97 Å². The summed E-state index contributed by atoms with van der Waals surface area (Å²) in [6.07, 6.45) is 2.03. The summed E-state index contributed by atoms with van der Waals surface area (Å²) >= 11 is 6.05. The van der Waals surface area contributed by atoms with Crippen molar-refractivity contribution in [2.24, 2.45) is 0 Å². The Morgan fingerprint density at radius 2 is 1.90 bits per heavy atom. The maximum absolute atomic E-state index is 11.2. The summed E-state index contributed by atoms with van der Waals surface area (Å²) in [5, 5.41) is 14.7. The highest BCUT2D eigenvalue weighted by molar-refractivity contribution is 6.30. The van der Waals surface area contributed by atoms with Crippen molar-refractivity contribution in [1.29, 1.82) is 0 Å². The van der Waals surface area contributed by atoms with Crippen LogP contribution in [0.1, 0.15) is 32.3 Å². The average molecular weight is 413 g/mol. The van der Waals surface area contributed by atoms with Gasteiger partial charge in [0.1, 0.15) is 5.75 Å². The molecule has 0 unspecified atom stereocenters. The molecular weight excluding hydrogens is 388 g/mol. The fourth-order valence-electron chi connectivity index (χ4n) is 3.22. The van der Waals surface area contributed by atoms with Gasteiger partial charge in [0.25, 0.3) is 0 Å². The van der Waals surface area contributed by atoms with Gasteiger partial charge in [0.2, 0.25) is 0 Å². The Morgan fingerprint density at radius 3 is 2.55 bits per heavy atom. The van der Waals surface area contributed by atoms with Crippen LogP contribution in [0.2, 0.25) is 5.02 Å². The fourth-order valence-corrected chi connectivity index (χ4v) is 3.35. The highest BCUT2D eigenvalue weighted by Crippen LogP contribution is 2.34. The van der Waals surface area contributed by atoms with Gasteiger partial charge in [-0.15, -0.1) is 0 Å². The van der Waals surface area contributed by atoms with Crippen LogP contribution >= 0.6 is 11.6 Å². The molecule has 0 bridgehead atoms. The summed E-state index contributed by atoms with van der Waals surface area (Å²) in [6.45, 7) is 5.39. The third-order valence-corrected chi connectivity index (χ3v) is 4.87. The molecule has 1 aromatic heterocycles. The number of unbranched alkanes of at least 4 members (excludes halogenated alkanes) is 1. The molecule has 0 fully saturated rings. The summed E-state index contributed by atoms with van der Waals surface area (Å²) in [4.78, 5) is 11.2. The third-order valence-electron chi connectivity index (χ3n) is 4.62. The molecule has 0 spiro atoms. The lowest BCUT2D eigenvalue weighted by molar-refractivity contribution is -0.136. The molecule has 0 saturated carbocycles. The number of hydrogen-bond acceptors (Lipinski definition) is 3. The first-order chi connectivity index (χ1) is 14.0. The molecule has 0 aliphatic carbocycles. The maximum atomic E-state index is 11.2. The summed E-state index contributed by atoms with van der Waals surface area (Å²) in [5.74, 6) is -0.167. The molecule has 6 heteroatoms. The summed E-state index contributed by atoms with van der Waals surface area (Å²) in [5.41, 5.74) is 4.31. The quantitative estimate of drug-likeness (QED) is 0.489. The number of aliphatic carboxylic acids is 1. The van der Waals surface area contributed by atoms with Crippen LogP contribution in [0.3, 0.4) is 0 Å². The minimum absolute atomic E-state index is 0.0417. The number of carbonyl (C=O) groups is 1. The van der Waals surface area contributed by atoms with Crippen LogP contribution in [0.5, 0.6) is 5.75 Å². The lowest BCUT2D eigenvalue weighted by Gasteiger charge is -2.10. The molecule has 29 heavy (non-hydrogen) atoms. The summed E-state index contributed by atoms with van der Waals surface area (Å²) in [7, 11) is 0. The van der Waals surface area contributed by atoms with Crippen LogP contribution in [0.25, 0.3) is 22.5 Å². The number of nitrogens with zero attached hydrogens (tertiary/aromatic N) is 2. The van der Waals surface area contributed by atoms with Crippen LogP contribution in [0.4, 0.5) is 0 Å². The summed E-state index contributed by atoms with van der Waals surface area (Å²) in [6, 6.07) is 15.2. The van der Waals surface area contributed by atoms with Crippen molar-refractivity contribution in [1.82, 2.24) is 9.78 Å². The zero-order valence-corrected chi connectivity index (χ0v) is 17.4. The first-order valence-corrected chi connectivity index (χ1v) is 10.2. The predicted octanol–water partition coefficient (Wildman–Crippen LogP) is 5.70. The van der Waals surface area contributed by atoms with Crippen molar-refractivity contribution in [2.75, 3.05) is 6.61 Å². The van der Waals surface area contributed by atoms with Gasteiger partial charge in [-0.3, -0.25) is 9.48 Å². The van der Waals surface area contributed by atoms with E-state index < -0.39 is 5.97 Å². The van der Waals surface area contributed by atoms with Gasteiger partial charge in [0, 0.05) is 17.1 Å². The van der Waals surface area contributed by atoms with E-state index in [-0.39, 0.29) is 6.42 Å². The van der Waals surface area contributed by atoms with Crippen molar-refractivity contribution in [3.05, 3.63) is 59.1 Å². The smallest absolute Gasteiger partial charge is 0.307 e. The topological polar surface area (TPSA) is 64.4 Å². The van der Waals surface area contributed by atoms with E-state index in [1.807, 2.05) is 54.1 Å². The second-order valence-corrected chi connectivity index (χ2v) is 7.27. The standard InChI is InChI=1S/C23H25ClN2O3/c1-3-5-12-26-21(17-7-9-18(24)10-8-17)15-20(25-26)19-13-16(14-23(27)28)6-11-22(19)29-4-2/h6-11,13,15H,3-5,12,14H2,1-2H3,(H,27,28). The van der Waals surface area contributed by atoms with Crippen molar-refractivity contribution >= 4 is 17.6 Å². The zero-order chi connectivity index (χ0) is 20.8. The maximum Gasteiger partial charge on any atom is 0.307 e. The molecule has 1 N–H and O–H groups in total. The van der Waals surface area contributed by atoms with Crippen molar-refractivity contribution < 1.29 is 14.6 Å². The number of halogens is 1. The lowest BCUT2D eigenvalue weighted by atomic mass is 10.0. The minimum Gasteiger partial charge on any atom is -0.493 e. The predicted molar refractivity (Wildman–Crippen MR) is 116 cm³/mol. The number of ether oxygens (including phenoxy) is 1. The van der Waals surface area contributed by atoms with E-state index in [0.29, 0.717) is 22.9 Å². The average Bonchev–Trinajstić information content (AvgIpc) is 3.12. The Morgan fingerprint density at radius 1 is 1.14 bits per heavy atom. The second kappa shape index (κ2) is 9.61. The largest absolute Gasteiger partial charge is 0.493 e. The highest BCUT2D eigenvalue weighted by Gasteiger charge is 2.16. The Bertz CT molecular complexity index is 980. The van der Waals surface area contributed by atoms with Crippen LogP contribution in [-0.4, -0.2) is 27.5 Å². The molecule has 2 aromatic carbocycles. The minimum atomic E-state index is -0.865. The number of aromatic nitrogens is 2. The van der Waals surface area contributed by atoms with E-state index in [0.717, 1.165) is 41.9 Å². The van der Waals surface area contributed by atoms with Gasteiger partial charge in [-0.05, 0) is 54.8 Å². The Hall–Kier alpha value is -2.79. The Labute approximate surface area is 175 Å². The molecule has 3 aromatic rings. The van der Waals surface area contributed by atoms with Crippen molar-refractivity contribution in [2.45, 2.75) is 39.7 Å². The fraction of sp³-hybridized carbons (Fsp3) is 0.304. The van der Waals surface area contributed by atoms with E-state index in [1.165, 1.54) is 0 Å². The van der Waals surface area contributed by atoms with Gasteiger partial charge in [-0.1, -0.05) is 43.1 Å². The lowest BCUT2D eigenvalue weighted by Crippen LogP contribution is -2.03. The molecule has 0 aliphatic rings. The van der Waals surface area contributed by atoms with E-state index in [9.17, 15) is 4.79 Å². The van der Waals surface area contributed by atoms with Gasteiger partial charge in [-0.2, -0.15) is 5.10 Å². The molecule has 3 rings (SSSR count). The van der Waals surface area contributed by atoms with Gasteiger partial charge in [-0.25, -0.2) is 0 Å². The SMILES string of the molecule is CCCCn1nc(-c2cc(CC(=O)O)ccc2OCC)cc1-c1ccc(Cl)cc1. The molecule has 0 radical (unpaired) electrons. The summed E-state index contributed by atoms with van der Waals surface area (Å²) < 4.78 is 7.79. The van der Waals surface area contributed by atoms with Gasteiger partial charge in [0.05, 0.1) is 24.4 Å². The number of rotatable bonds is 9. The number of carboxylic acid groups (broad SMARTS) is 1. The molecule has 0 amide bonds. The second-order valence-electron chi connectivity index (χ2n) is 6.83. The van der Waals surface area contributed by atoms with Crippen molar-refractivity contribution in [3.63, 3.8) is 0 Å². The molecule has 0 aliphatic heterocycles. The third kappa shape index (κ3) is 5.18. The molecule has 5 nitrogen and oxygen atoms in total. The molecule has 1 heterocycles. The van der Waals surface area contributed by atoms with Crippen LogP contribution in [0, 0.1) is 0 Å². The van der Waals surface area contributed by atoms with Crippen LogP contribution in [-0.2, 0) is 17.8 Å². The number of carboxylic acids is 1. The Kier molecular flexibility index (Phi) is 6.94. The monoisotopic (exact) mass is 412 g/mol. The molecule has 152 valence electrons. The molecular formula is C23H25ClN2O3. The van der Waals surface area contributed by atoms with Crippen molar-refractivity contribution in [3.8, 4) is 28.3 Å². The van der Waals surface area contributed by atoms with E-state index >= 15 is 0 Å². The Balaban J connectivity index is 2.09.